The van der Waals surface area contributed by atoms with Gasteiger partial charge in [-0.3, -0.25) is 0 Å². The molecule has 4 heteroatoms. The molecule has 0 saturated carbocycles. The third-order valence-corrected chi connectivity index (χ3v) is 2.44. The first kappa shape index (κ1) is 10.1. The van der Waals surface area contributed by atoms with Crippen LogP contribution >= 0.6 is 15.9 Å². The van der Waals surface area contributed by atoms with Crippen LogP contribution in [0.15, 0.2) is 24.3 Å². The minimum atomic E-state index is -0.566. The van der Waals surface area contributed by atoms with E-state index >= 15 is 0 Å². The van der Waals surface area contributed by atoms with Crippen LogP contribution in [-0.4, -0.2) is 17.3 Å². The number of benzene rings is 1. The van der Waals surface area contributed by atoms with Crippen molar-refractivity contribution in [2.75, 3.05) is 5.33 Å². The summed E-state index contributed by atoms with van der Waals surface area (Å²) in [4.78, 5) is 22.4. The molecular formula is C11H7BrO3. The van der Waals surface area contributed by atoms with E-state index in [1.54, 1.807) is 18.2 Å². The van der Waals surface area contributed by atoms with Gasteiger partial charge in [0, 0.05) is 5.33 Å². The predicted molar refractivity (Wildman–Crippen MR) is 59.0 cm³/mol. The van der Waals surface area contributed by atoms with Crippen LogP contribution in [0.3, 0.4) is 0 Å². The van der Waals surface area contributed by atoms with Gasteiger partial charge in [-0.05, 0) is 17.7 Å². The first-order valence-electron chi connectivity index (χ1n) is 4.35. The Balaban J connectivity index is 2.43. The van der Waals surface area contributed by atoms with Crippen LogP contribution in [0.1, 0.15) is 26.3 Å². The Hall–Kier alpha value is -1.42. The van der Waals surface area contributed by atoms with Gasteiger partial charge >= 0.3 is 11.9 Å². The second-order valence-electron chi connectivity index (χ2n) is 3.04. The minimum Gasteiger partial charge on any atom is -0.386 e. The molecule has 0 saturated heterocycles. The highest BCUT2D eigenvalue weighted by atomic mass is 79.9. The Labute approximate surface area is 94.9 Å². The molecule has 2 rings (SSSR count). The summed E-state index contributed by atoms with van der Waals surface area (Å²) in [6.45, 7) is 0. The maximum atomic E-state index is 11.2. The van der Waals surface area contributed by atoms with Crippen molar-refractivity contribution in [1.82, 2.24) is 0 Å². The summed E-state index contributed by atoms with van der Waals surface area (Å²) >= 11 is 3.26. The summed E-state index contributed by atoms with van der Waals surface area (Å²) in [6.07, 6.45) is 3.77. The minimum absolute atomic E-state index is 0.344. The van der Waals surface area contributed by atoms with Crippen LogP contribution in [0.5, 0.6) is 0 Å². The number of hydrogen-bond acceptors (Lipinski definition) is 3. The standard InChI is InChI=1S/C11H7BrO3/c12-5-1-2-7-3-4-8-9(6-7)11(14)15-10(8)13/h1-4,6H,5H2. The molecule has 76 valence electrons. The Morgan fingerprint density at radius 1 is 1.20 bits per heavy atom. The SMILES string of the molecule is O=C1OC(=O)c2cc(C=CCBr)ccc21. The van der Waals surface area contributed by atoms with E-state index < -0.39 is 11.9 Å². The Morgan fingerprint density at radius 2 is 1.93 bits per heavy atom. The van der Waals surface area contributed by atoms with Crippen molar-refractivity contribution in [3.63, 3.8) is 0 Å². The van der Waals surface area contributed by atoms with Gasteiger partial charge in [-0.25, -0.2) is 9.59 Å². The molecule has 0 bridgehead atoms. The molecule has 1 aliphatic heterocycles. The zero-order valence-corrected chi connectivity index (χ0v) is 9.28. The monoisotopic (exact) mass is 266 g/mol. The van der Waals surface area contributed by atoms with E-state index in [-0.39, 0.29) is 0 Å². The highest BCUT2D eigenvalue weighted by Gasteiger charge is 2.29. The molecule has 0 radical (unpaired) electrons. The van der Waals surface area contributed by atoms with Crippen molar-refractivity contribution in [2.45, 2.75) is 0 Å². The summed E-state index contributed by atoms with van der Waals surface area (Å²) in [6, 6.07) is 5.04. The largest absolute Gasteiger partial charge is 0.386 e. The molecule has 0 spiro atoms. The molecule has 1 aromatic rings. The maximum Gasteiger partial charge on any atom is 0.346 e. The number of allylic oxidation sites excluding steroid dienone is 1. The number of rotatable bonds is 2. The van der Waals surface area contributed by atoms with Crippen LogP contribution < -0.4 is 0 Å². The van der Waals surface area contributed by atoms with Crippen LogP contribution in [0, 0.1) is 0 Å². The van der Waals surface area contributed by atoms with Crippen LogP contribution in [-0.2, 0) is 4.74 Å². The second-order valence-corrected chi connectivity index (χ2v) is 3.69. The smallest absolute Gasteiger partial charge is 0.346 e. The Bertz CT molecular complexity index is 463. The summed E-state index contributed by atoms with van der Waals surface area (Å²) < 4.78 is 4.48. The van der Waals surface area contributed by atoms with Gasteiger partial charge < -0.3 is 4.74 Å². The fraction of sp³-hybridized carbons (Fsp3) is 0.0909. The van der Waals surface area contributed by atoms with Crippen molar-refractivity contribution >= 4 is 33.9 Å². The molecule has 0 aliphatic carbocycles. The van der Waals surface area contributed by atoms with E-state index in [9.17, 15) is 9.59 Å². The first-order valence-corrected chi connectivity index (χ1v) is 5.47. The van der Waals surface area contributed by atoms with Gasteiger partial charge in [0.25, 0.3) is 0 Å². The van der Waals surface area contributed by atoms with E-state index in [1.807, 2.05) is 12.2 Å². The maximum absolute atomic E-state index is 11.2. The van der Waals surface area contributed by atoms with Crippen molar-refractivity contribution in [2.24, 2.45) is 0 Å². The summed E-state index contributed by atoms with van der Waals surface area (Å²) in [5, 5.41) is 0.744. The highest BCUT2D eigenvalue weighted by molar-refractivity contribution is 9.09. The number of ether oxygens (including phenoxy) is 1. The molecule has 1 aliphatic rings. The molecule has 0 aromatic heterocycles. The molecule has 1 heterocycles. The van der Waals surface area contributed by atoms with Gasteiger partial charge in [0.2, 0.25) is 0 Å². The first-order chi connectivity index (χ1) is 7.22. The molecule has 0 amide bonds. The van der Waals surface area contributed by atoms with Crippen LogP contribution in [0.4, 0.5) is 0 Å². The summed E-state index contributed by atoms with van der Waals surface area (Å²) in [5.41, 5.74) is 1.56. The number of hydrogen-bond donors (Lipinski definition) is 0. The number of cyclic esters (lactones) is 2. The fourth-order valence-electron chi connectivity index (χ4n) is 1.39. The number of carbonyl (C=O) groups is 2. The van der Waals surface area contributed by atoms with E-state index in [4.69, 9.17) is 0 Å². The van der Waals surface area contributed by atoms with Gasteiger partial charge in [0.1, 0.15) is 0 Å². The topological polar surface area (TPSA) is 43.4 Å². The van der Waals surface area contributed by atoms with Gasteiger partial charge in [0.05, 0.1) is 11.1 Å². The average Bonchev–Trinajstić information content (AvgIpc) is 2.52. The van der Waals surface area contributed by atoms with Crippen molar-refractivity contribution in [3.8, 4) is 0 Å². The number of alkyl halides is 1. The third kappa shape index (κ3) is 1.85. The zero-order valence-electron chi connectivity index (χ0n) is 7.70. The third-order valence-electron chi connectivity index (χ3n) is 2.07. The summed E-state index contributed by atoms with van der Waals surface area (Å²) in [7, 11) is 0. The molecule has 3 nitrogen and oxygen atoms in total. The molecular weight excluding hydrogens is 260 g/mol. The fourth-order valence-corrected chi connectivity index (χ4v) is 1.57. The average molecular weight is 267 g/mol. The molecule has 0 fully saturated rings. The van der Waals surface area contributed by atoms with Crippen molar-refractivity contribution in [1.29, 1.82) is 0 Å². The molecule has 1 aromatic carbocycles. The predicted octanol–water partition coefficient (Wildman–Crippen LogP) is 2.41. The Kier molecular flexibility index (Phi) is 2.68. The van der Waals surface area contributed by atoms with Gasteiger partial charge in [0.15, 0.2) is 0 Å². The molecule has 15 heavy (non-hydrogen) atoms. The van der Waals surface area contributed by atoms with Gasteiger partial charge in [-0.1, -0.05) is 34.1 Å². The van der Waals surface area contributed by atoms with Crippen molar-refractivity contribution in [3.05, 3.63) is 41.0 Å². The normalized spacial score (nSPS) is 14.5. The van der Waals surface area contributed by atoms with E-state index in [0.717, 1.165) is 10.9 Å². The second kappa shape index (κ2) is 3.98. The molecule has 0 atom stereocenters. The molecule has 0 unspecified atom stereocenters. The lowest BCUT2D eigenvalue weighted by Crippen LogP contribution is -1.96. The number of fused-ring (bicyclic) bond motifs is 1. The number of carbonyl (C=O) groups excluding carboxylic acids is 2. The van der Waals surface area contributed by atoms with Crippen LogP contribution in [0.2, 0.25) is 0 Å². The Morgan fingerprint density at radius 3 is 2.67 bits per heavy atom. The zero-order chi connectivity index (χ0) is 10.8. The van der Waals surface area contributed by atoms with Gasteiger partial charge in [-0.2, -0.15) is 0 Å². The number of halogens is 1. The van der Waals surface area contributed by atoms with E-state index in [1.165, 1.54) is 0 Å². The highest BCUT2D eigenvalue weighted by Crippen LogP contribution is 2.21. The lowest BCUT2D eigenvalue weighted by Gasteiger charge is -1.95. The van der Waals surface area contributed by atoms with E-state index in [0.29, 0.717) is 11.1 Å². The van der Waals surface area contributed by atoms with Gasteiger partial charge in [-0.15, -0.1) is 0 Å². The number of esters is 2. The molecule has 0 N–H and O–H groups in total. The quantitative estimate of drug-likeness (QED) is 0.469. The van der Waals surface area contributed by atoms with Crippen LogP contribution in [0.25, 0.3) is 6.08 Å². The van der Waals surface area contributed by atoms with E-state index in [2.05, 4.69) is 20.7 Å². The lowest BCUT2D eigenvalue weighted by atomic mass is 10.1. The lowest BCUT2D eigenvalue weighted by molar-refractivity contribution is 0.0444. The van der Waals surface area contributed by atoms with Crippen molar-refractivity contribution < 1.29 is 14.3 Å². The summed E-state index contributed by atoms with van der Waals surface area (Å²) in [5.74, 6) is -1.13.